The summed E-state index contributed by atoms with van der Waals surface area (Å²) in [4.78, 5) is 0. The van der Waals surface area contributed by atoms with Gasteiger partial charge < -0.3 is 4.65 Å². The highest BCUT2D eigenvalue weighted by Gasteiger charge is 2.06. The van der Waals surface area contributed by atoms with Crippen LogP contribution in [0.3, 0.4) is 0 Å². The average Bonchev–Trinajstić information content (AvgIpc) is 2.14. The first kappa shape index (κ1) is 10.3. The third kappa shape index (κ3) is 4.27. The number of hydrogen-bond acceptors (Lipinski definition) is 2. The van der Waals surface area contributed by atoms with Crippen LogP contribution >= 0.6 is 11.8 Å². The molecule has 63 valence electrons. The Morgan fingerprint density at radius 2 is 2.50 bits per heavy atom. The van der Waals surface area contributed by atoms with E-state index < -0.39 is 0 Å². The van der Waals surface area contributed by atoms with Crippen molar-refractivity contribution in [2.24, 2.45) is 0 Å². The molecule has 1 rings (SSSR count). The van der Waals surface area contributed by atoms with E-state index in [9.17, 15) is 0 Å². The van der Waals surface area contributed by atoms with E-state index in [0.717, 1.165) is 24.9 Å². The smallest absolute Gasteiger partial charge is 0.283 e. The van der Waals surface area contributed by atoms with E-state index >= 15 is 0 Å². The predicted octanol–water partition coefficient (Wildman–Crippen LogP) is 1.62. The quantitative estimate of drug-likeness (QED) is 0.565. The first-order chi connectivity index (χ1) is 5.93. The summed E-state index contributed by atoms with van der Waals surface area (Å²) < 4.78 is 4.86. The van der Waals surface area contributed by atoms with Gasteiger partial charge in [-0.15, -0.1) is 5.98 Å². The van der Waals surface area contributed by atoms with Crippen LogP contribution in [0.1, 0.15) is 12.8 Å². The molecule has 1 aliphatic rings. The maximum absolute atomic E-state index is 5.17. The van der Waals surface area contributed by atoms with Crippen molar-refractivity contribution >= 4 is 27.1 Å². The van der Waals surface area contributed by atoms with Gasteiger partial charge in [0.1, 0.15) is 7.28 Å². The highest BCUT2D eigenvalue weighted by Crippen LogP contribution is 2.12. The Hall–Kier alpha value is 0.180. The van der Waals surface area contributed by atoms with Gasteiger partial charge in [0.15, 0.2) is 0 Å². The number of rotatable bonds is 1. The monoisotopic (exact) mass is 179 g/mol. The fourth-order valence-electron chi connectivity index (χ4n) is 1.13. The summed E-state index contributed by atoms with van der Waals surface area (Å²) in [5, 5.41) is 0. The molecule has 0 saturated heterocycles. The van der Waals surface area contributed by atoms with Gasteiger partial charge in [0.2, 0.25) is 0 Å². The summed E-state index contributed by atoms with van der Waals surface area (Å²) in [5.74, 6) is 4.34. The van der Waals surface area contributed by atoms with E-state index in [1.165, 1.54) is 5.75 Å². The summed E-state index contributed by atoms with van der Waals surface area (Å²) in [5.41, 5.74) is 0. The van der Waals surface area contributed by atoms with Crippen LogP contribution in [0.25, 0.3) is 0 Å². The highest BCUT2D eigenvalue weighted by molar-refractivity contribution is 7.99. The van der Waals surface area contributed by atoms with Crippen LogP contribution in [-0.2, 0) is 4.65 Å². The highest BCUT2D eigenvalue weighted by atomic mass is 32.2. The van der Waals surface area contributed by atoms with Crippen LogP contribution in [0, 0.1) is 0 Å². The van der Waals surface area contributed by atoms with Gasteiger partial charge in [-0.05, 0) is 18.6 Å². The zero-order chi connectivity index (χ0) is 8.65. The topological polar surface area (TPSA) is 9.23 Å². The molecule has 0 spiro atoms. The van der Waals surface area contributed by atoms with Crippen molar-refractivity contribution in [3.05, 3.63) is 12.1 Å². The molecule has 0 N–H and O–H groups in total. The standard InChI is InChI=1S/C8H13B2OS/c9-11-8-3-5-10-4-1-2-6-12-7-8/h1,4,8H,2-3,5-7H2/b4-1+/t8-/m1/s1. The zero-order valence-electron chi connectivity index (χ0n) is 7.24. The molecule has 0 saturated carbocycles. The number of allylic oxidation sites excluding steroid dienone is 1. The van der Waals surface area contributed by atoms with E-state index in [1.807, 2.05) is 11.8 Å². The van der Waals surface area contributed by atoms with Crippen molar-refractivity contribution < 1.29 is 4.65 Å². The van der Waals surface area contributed by atoms with Gasteiger partial charge in [0.05, 0.1) is 0 Å². The lowest BCUT2D eigenvalue weighted by molar-refractivity contribution is 0.244. The van der Waals surface area contributed by atoms with Crippen molar-refractivity contribution in [1.29, 1.82) is 0 Å². The molecule has 0 aliphatic carbocycles. The summed E-state index contributed by atoms with van der Waals surface area (Å²) >= 11 is 1.91. The lowest BCUT2D eigenvalue weighted by Crippen LogP contribution is -2.15. The van der Waals surface area contributed by atoms with Crippen LogP contribution in [0.15, 0.2) is 12.1 Å². The molecule has 3 radical (unpaired) electrons. The van der Waals surface area contributed by atoms with Gasteiger partial charge in [0.25, 0.3) is 8.05 Å². The third-order valence-electron chi connectivity index (χ3n) is 1.85. The summed E-state index contributed by atoms with van der Waals surface area (Å²) in [7, 11) is 7.35. The molecule has 0 aromatic carbocycles. The predicted molar refractivity (Wildman–Crippen MR) is 56.9 cm³/mol. The Kier molecular flexibility index (Phi) is 5.70. The van der Waals surface area contributed by atoms with E-state index in [2.05, 4.69) is 19.3 Å². The van der Waals surface area contributed by atoms with Gasteiger partial charge in [-0.1, -0.05) is 12.4 Å². The van der Waals surface area contributed by atoms with E-state index in [1.54, 1.807) is 0 Å². The summed E-state index contributed by atoms with van der Waals surface area (Å²) in [6.45, 7) is 0. The molecule has 4 heteroatoms. The molecule has 0 bridgehead atoms. The Morgan fingerprint density at radius 3 is 3.33 bits per heavy atom. The molecule has 0 aromatic heterocycles. The largest absolute Gasteiger partial charge is 0.444 e. The van der Waals surface area contributed by atoms with Gasteiger partial charge in [-0.2, -0.15) is 11.8 Å². The van der Waals surface area contributed by atoms with Crippen molar-refractivity contribution in [2.75, 3.05) is 11.5 Å². The van der Waals surface area contributed by atoms with E-state index in [-0.39, 0.29) is 6.10 Å². The normalized spacial score (nSPS) is 28.8. The second-order valence-electron chi connectivity index (χ2n) is 2.86. The van der Waals surface area contributed by atoms with Gasteiger partial charge in [0, 0.05) is 11.9 Å². The fourth-order valence-corrected chi connectivity index (χ4v) is 2.11. The maximum atomic E-state index is 5.17. The summed E-state index contributed by atoms with van der Waals surface area (Å²) in [6, 6.07) is 0. The minimum atomic E-state index is 0.234. The first-order valence-electron chi connectivity index (χ1n) is 4.35. The molecule has 12 heavy (non-hydrogen) atoms. The molecule has 0 unspecified atom stereocenters. The molecule has 0 amide bonds. The molecule has 1 heterocycles. The zero-order valence-corrected chi connectivity index (χ0v) is 8.06. The Labute approximate surface area is 81.0 Å². The van der Waals surface area contributed by atoms with Crippen molar-refractivity contribution in [3.8, 4) is 0 Å². The van der Waals surface area contributed by atoms with Crippen LogP contribution in [-0.4, -0.2) is 32.9 Å². The van der Waals surface area contributed by atoms with E-state index in [0.29, 0.717) is 0 Å². The van der Waals surface area contributed by atoms with Crippen molar-refractivity contribution in [2.45, 2.75) is 25.3 Å². The lowest BCUT2D eigenvalue weighted by atomic mass is 9.72. The lowest BCUT2D eigenvalue weighted by Gasteiger charge is -2.15. The minimum absolute atomic E-state index is 0.234. The van der Waals surface area contributed by atoms with Crippen LogP contribution in [0.4, 0.5) is 0 Å². The first-order valence-corrected chi connectivity index (χ1v) is 5.50. The second kappa shape index (κ2) is 6.67. The van der Waals surface area contributed by atoms with Crippen LogP contribution in [0.5, 0.6) is 0 Å². The number of hydrogen-bond donors (Lipinski definition) is 0. The SMILES string of the molecule is [B]O[C@@H]1CC[B]/C=C/CCSC1. The van der Waals surface area contributed by atoms with Crippen LogP contribution in [0.2, 0.25) is 6.32 Å². The van der Waals surface area contributed by atoms with Gasteiger partial charge >= 0.3 is 0 Å². The fraction of sp³-hybridized carbons (Fsp3) is 0.750. The molecule has 0 fully saturated rings. The van der Waals surface area contributed by atoms with E-state index in [4.69, 9.17) is 12.7 Å². The van der Waals surface area contributed by atoms with Gasteiger partial charge in [-0.3, -0.25) is 0 Å². The Bertz CT molecular complexity index is 141. The van der Waals surface area contributed by atoms with Crippen LogP contribution < -0.4 is 0 Å². The third-order valence-corrected chi connectivity index (χ3v) is 2.98. The molecular weight excluding hydrogens is 166 g/mol. The Morgan fingerprint density at radius 1 is 1.58 bits per heavy atom. The van der Waals surface area contributed by atoms with Crippen molar-refractivity contribution in [3.63, 3.8) is 0 Å². The molecule has 1 atom stereocenters. The maximum Gasteiger partial charge on any atom is 0.283 e. The second-order valence-corrected chi connectivity index (χ2v) is 4.01. The molecule has 0 aromatic rings. The molecule has 1 aliphatic heterocycles. The Balaban J connectivity index is 2.26. The van der Waals surface area contributed by atoms with Gasteiger partial charge in [-0.25, -0.2) is 0 Å². The summed E-state index contributed by atoms with van der Waals surface area (Å²) in [6.07, 6.45) is 5.71. The average molecular weight is 179 g/mol. The van der Waals surface area contributed by atoms with Crippen molar-refractivity contribution in [1.82, 2.24) is 0 Å². The number of thioether (sulfide) groups is 1. The molecular formula is C8H13B2OS. The molecule has 1 nitrogen and oxygen atoms in total. The minimum Gasteiger partial charge on any atom is -0.444 e.